The van der Waals surface area contributed by atoms with E-state index in [9.17, 15) is 0 Å². The van der Waals surface area contributed by atoms with Gasteiger partial charge in [0.2, 0.25) is 0 Å². The topological polar surface area (TPSA) is 54.7 Å². The summed E-state index contributed by atoms with van der Waals surface area (Å²) in [6.45, 7) is 30.4. The van der Waals surface area contributed by atoms with Gasteiger partial charge >= 0.3 is 7.12 Å². The molecule has 1 atom stereocenters. The fourth-order valence-corrected chi connectivity index (χ4v) is 7.10. The van der Waals surface area contributed by atoms with Crippen molar-refractivity contribution in [3.8, 4) is 11.3 Å². The summed E-state index contributed by atoms with van der Waals surface area (Å²) in [5.41, 5.74) is 5.54. The Morgan fingerprint density at radius 3 is 2.20 bits per heavy atom. The van der Waals surface area contributed by atoms with Crippen LogP contribution in [0, 0.1) is 5.41 Å². The number of nitrogens with zero attached hydrogens (tertiary/aromatic N) is 2. The van der Waals surface area contributed by atoms with Gasteiger partial charge in [0.05, 0.1) is 28.7 Å². The number of hydrogen-bond acceptors (Lipinski definition) is 5. The van der Waals surface area contributed by atoms with Gasteiger partial charge in [0, 0.05) is 52.9 Å². The van der Waals surface area contributed by atoms with E-state index in [-0.39, 0.29) is 16.6 Å². The Labute approximate surface area is 276 Å². The van der Waals surface area contributed by atoms with E-state index in [1.807, 2.05) is 6.20 Å². The second-order valence-electron chi connectivity index (χ2n) is 15.8. The van der Waals surface area contributed by atoms with Crippen LogP contribution in [0.2, 0.25) is 18.1 Å². The lowest BCUT2D eigenvalue weighted by Gasteiger charge is -2.39. The third kappa shape index (κ3) is 6.79. The molecule has 0 unspecified atom stereocenters. The van der Waals surface area contributed by atoms with E-state index in [1.165, 1.54) is 22.2 Å². The summed E-state index contributed by atoms with van der Waals surface area (Å²) >= 11 is 3.77. The second kappa shape index (κ2) is 12.3. The molecule has 0 spiro atoms. The molecule has 242 valence electrons. The van der Waals surface area contributed by atoms with Gasteiger partial charge in [-0.15, -0.1) is 0 Å². The van der Waals surface area contributed by atoms with Crippen LogP contribution < -0.4 is 5.46 Å². The number of aromatic nitrogens is 2. The Balaban J connectivity index is 1.92. The highest BCUT2D eigenvalue weighted by molar-refractivity contribution is 9.10. The molecule has 0 N–H and O–H groups in total. The molecule has 1 fully saturated rings. The van der Waals surface area contributed by atoms with Crippen LogP contribution in [0.3, 0.4) is 0 Å². The molecular weight excluding hydrogens is 631 g/mol. The highest BCUT2D eigenvalue weighted by Gasteiger charge is 2.52. The molecule has 2 aromatic heterocycles. The van der Waals surface area contributed by atoms with Crippen LogP contribution in [0.1, 0.15) is 93.5 Å². The number of benzene rings is 1. The minimum atomic E-state index is -1.92. The van der Waals surface area contributed by atoms with Crippen molar-refractivity contribution < 1.29 is 18.5 Å². The van der Waals surface area contributed by atoms with E-state index >= 15 is 0 Å². The molecule has 44 heavy (non-hydrogen) atoms. The molecule has 1 aromatic carbocycles. The van der Waals surface area contributed by atoms with Crippen LogP contribution >= 0.6 is 15.9 Å². The number of methoxy groups -OCH3 is 1. The molecule has 1 aliphatic heterocycles. The van der Waals surface area contributed by atoms with Crippen LogP contribution in [0.15, 0.2) is 34.9 Å². The first-order chi connectivity index (χ1) is 20.1. The van der Waals surface area contributed by atoms with E-state index in [0.29, 0.717) is 6.61 Å². The quantitative estimate of drug-likeness (QED) is 0.200. The number of halogens is 1. The Bertz CT molecular complexity index is 1490. The molecule has 0 saturated carbocycles. The Morgan fingerprint density at radius 2 is 1.66 bits per heavy atom. The molecule has 1 aliphatic rings. The number of ether oxygens (including phenoxy) is 1. The predicted molar refractivity (Wildman–Crippen MR) is 190 cm³/mol. The van der Waals surface area contributed by atoms with E-state index in [0.717, 1.165) is 34.2 Å². The van der Waals surface area contributed by atoms with Crippen LogP contribution in [0.5, 0.6) is 0 Å². The van der Waals surface area contributed by atoms with Crippen molar-refractivity contribution in [2.45, 2.75) is 125 Å². The summed E-state index contributed by atoms with van der Waals surface area (Å²) in [5, 5.41) is 1.40. The lowest BCUT2D eigenvalue weighted by atomic mass is 9.78. The highest BCUT2D eigenvalue weighted by Crippen LogP contribution is 2.43. The lowest BCUT2D eigenvalue weighted by molar-refractivity contribution is 0.00578. The third-order valence-corrected chi connectivity index (χ3v) is 15.2. The van der Waals surface area contributed by atoms with Gasteiger partial charge in [0.25, 0.3) is 0 Å². The molecule has 3 aromatic rings. The number of pyridine rings is 1. The van der Waals surface area contributed by atoms with Gasteiger partial charge in [-0.2, -0.15) is 0 Å². The number of fused-ring (bicyclic) bond motifs is 1. The maximum absolute atomic E-state index is 6.81. The van der Waals surface area contributed by atoms with E-state index in [4.69, 9.17) is 23.5 Å². The minimum absolute atomic E-state index is 0.108. The molecular formula is C35H54BBrN2O4Si. The standard InChI is InChI=1S/C35H54BBrN2O4Si/c1-15-39-29-17-16-25(37)19-26(29)28(20-33(6,7)22-41-44(13,14)32(3,4)5)31(39)27-18-24(21-38-30(27)23(2)40-12)36-42-34(8,9)35(10,11)43-36/h16-19,21,23H,15,20,22H2,1-14H3/t23-/m0/s1. The van der Waals surface area contributed by atoms with Gasteiger partial charge in [-0.3, -0.25) is 4.98 Å². The fraction of sp³-hybridized carbons (Fsp3) is 0.629. The van der Waals surface area contributed by atoms with E-state index < -0.39 is 26.6 Å². The fourth-order valence-electron chi connectivity index (χ4n) is 5.56. The first-order valence-corrected chi connectivity index (χ1v) is 19.7. The molecule has 9 heteroatoms. The van der Waals surface area contributed by atoms with Crippen molar-refractivity contribution in [1.82, 2.24) is 9.55 Å². The SMILES string of the molecule is CCn1c(-c2cc(B3OC(C)(C)C(C)(C)O3)cnc2[C@H](C)OC)c(CC(C)(C)CO[Si](C)(C)C(C)(C)C)c2cc(Br)ccc21. The molecule has 3 heterocycles. The normalized spacial score (nSPS) is 17.9. The summed E-state index contributed by atoms with van der Waals surface area (Å²) in [6, 6.07) is 8.83. The monoisotopic (exact) mass is 684 g/mol. The van der Waals surface area contributed by atoms with Gasteiger partial charge in [0.15, 0.2) is 8.32 Å². The van der Waals surface area contributed by atoms with Crippen LogP contribution in [0.4, 0.5) is 0 Å². The van der Waals surface area contributed by atoms with Crippen molar-refractivity contribution >= 4 is 47.7 Å². The molecule has 0 bridgehead atoms. The van der Waals surface area contributed by atoms with Crippen molar-refractivity contribution in [2.24, 2.45) is 5.41 Å². The van der Waals surface area contributed by atoms with Gasteiger partial charge in [-0.25, -0.2) is 0 Å². The highest BCUT2D eigenvalue weighted by atomic mass is 79.9. The van der Waals surface area contributed by atoms with Gasteiger partial charge in [-0.05, 0) is 101 Å². The maximum Gasteiger partial charge on any atom is 0.496 e. The lowest BCUT2D eigenvalue weighted by Crippen LogP contribution is -2.43. The first kappa shape index (κ1) is 35.4. The second-order valence-corrected chi connectivity index (χ2v) is 21.5. The molecule has 6 nitrogen and oxygen atoms in total. The van der Waals surface area contributed by atoms with E-state index in [1.54, 1.807) is 7.11 Å². The zero-order chi connectivity index (χ0) is 33.0. The largest absolute Gasteiger partial charge is 0.496 e. The summed E-state index contributed by atoms with van der Waals surface area (Å²) in [4.78, 5) is 5.04. The Morgan fingerprint density at radius 1 is 1.05 bits per heavy atom. The summed E-state index contributed by atoms with van der Waals surface area (Å²) in [5.74, 6) is 0. The average Bonchev–Trinajstić information content (AvgIpc) is 3.33. The molecule has 1 saturated heterocycles. The molecule has 4 rings (SSSR count). The smallest absolute Gasteiger partial charge is 0.416 e. The zero-order valence-electron chi connectivity index (χ0n) is 29.6. The van der Waals surface area contributed by atoms with Gasteiger partial charge in [-0.1, -0.05) is 50.5 Å². The summed E-state index contributed by atoms with van der Waals surface area (Å²) in [6.07, 6.45) is 2.54. The average molecular weight is 686 g/mol. The zero-order valence-corrected chi connectivity index (χ0v) is 32.2. The van der Waals surface area contributed by atoms with Crippen LogP contribution in [-0.4, -0.2) is 49.9 Å². The Kier molecular flexibility index (Phi) is 9.86. The molecule has 0 amide bonds. The molecule has 0 radical (unpaired) electrons. The van der Waals surface area contributed by atoms with Crippen molar-refractivity contribution in [2.75, 3.05) is 13.7 Å². The van der Waals surface area contributed by atoms with Gasteiger partial charge in [0.1, 0.15) is 0 Å². The van der Waals surface area contributed by atoms with Gasteiger partial charge < -0.3 is 23.0 Å². The van der Waals surface area contributed by atoms with Crippen molar-refractivity contribution in [1.29, 1.82) is 0 Å². The summed E-state index contributed by atoms with van der Waals surface area (Å²) in [7, 11) is -0.682. The third-order valence-electron chi connectivity index (χ3n) is 10.2. The minimum Gasteiger partial charge on any atom is -0.416 e. The van der Waals surface area contributed by atoms with Crippen LogP contribution in [-0.2, 0) is 31.4 Å². The summed E-state index contributed by atoms with van der Waals surface area (Å²) < 4.78 is 29.2. The number of aryl methyl sites for hydroxylation is 1. The first-order valence-electron chi connectivity index (χ1n) is 16.0. The van der Waals surface area contributed by atoms with Crippen molar-refractivity contribution in [3.05, 3.63) is 46.2 Å². The maximum atomic E-state index is 6.81. The van der Waals surface area contributed by atoms with Crippen LogP contribution in [0.25, 0.3) is 22.2 Å². The van der Waals surface area contributed by atoms with Crippen molar-refractivity contribution in [3.63, 3.8) is 0 Å². The Hall–Kier alpha value is -1.49. The predicted octanol–water partition coefficient (Wildman–Crippen LogP) is 9.08. The molecule has 0 aliphatic carbocycles. The van der Waals surface area contributed by atoms with E-state index in [2.05, 4.69) is 134 Å². The number of rotatable bonds is 10. The number of hydrogen-bond donors (Lipinski definition) is 0.